The lowest BCUT2D eigenvalue weighted by Gasteiger charge is -2.15. The summed E-state index contributed by atoms with van der Waals surface area (Å²) in [6.45, 7) is 0. The van der Waals surface area contributed by atoms with Gasteiger partial charge in [0, 0.05) is 110 Å². The molecule has 26 aromatic rings. The van der Waals surface area contributed by atoms with E-state index in [9.17, 15) is 0 Å². The molecular formula is C120H78N6. The molecule has 0 atom stereocenters. The summed E-state index contributed by atoms with van der Waals surface area (Å²) in [6, 6.07) is 173. The second-order valence-electron chi connectivity index (χ2n) is 33.0. The first-order chi connectivity index (χ1) is 62.6. The Morgan fingerprint density at radius 3 is 0.817 bits per heavy atom. The quantitative estimate of drug-likeness (QED) is 0.117. The third-order valence-electron chi connectivity index (χ3n) is 26.0. The van der Waals surface area contributed by atoms with Gasteiger partial charge in [-0.2, -0.15) is 0 Å². The molecule has 6 heterocycles. The maximum Gasteiger partial charge on any atom is 0.0627 e. The van der Waals surface area contributed by atoms with Crippen LogP contribution in [0, 0.1) is 0 Å². The van der Waals surface area contributed by atoms with Gasteiger partial charge in [-0.3, -0.25) is 0 Å². The monoisotopic (exact) mass is 1600 g/mol. The summed E-state index contributed by atoms with van der Waals surface area (Å²) in [6.07, 6.45) is 0. The fourth-order valence-corrected chi connectivity index (χ4v) is 20.5. The van der Waals surface area contributed by atoms with E-state index in [1.54, 1.807) is 0 Å². The summed E-state index contributed by atoms with van der Waals surface area (Å²) in [4.78, 5) is 0. The number of hydrogen-bond donors (Lipinski definition) is 0. The van der Waals surface area contributed by atoms with Gasteiger partial charge in [0.05, 0.1) is 66.2 Å². The van der Waals surface area contributed by atoms with Crippen LogP contribution in [0.3, 0.4) is 0 Å². The van der Waals surface area contributed by atoms with Gasteiger partial charge >= 0.3 is 0 Å². The third kappa shape index (κ3) is 11.6. The minimum absolute atomic E-state index is 1.14. The topological polar surface area (TPSA) is 29.6 Å². The first-order valence-electron chi connectivity index (χ1n) is 43.4. The van der Waals surface area contributed by atoms with E-state index in [1.807, 2.05) is 0 Å². The van der Waals surface area contributed by atoms with Crippen LogP contribution in [-0.2, 0) is 0 Å². The average molecular weight is 1600 g/mol. The van der Waals surface area contributed by atoms with Crippen LogP contribution in [0.5, 0.6) is 0 Å². The third-order valence-corrected chi connectivity index (χ3v) is 26.0. The van der Waals surface area contributed by atoms with Crippen molar-refractivity contribution in [3.63, 3.8) is 0 Å². The minimum Gasteiger partial charge on any atom is -0.309 e. The first-order valence-corrected chi connectivity index (χ1v) is 43.4. The molecule has 6 nitrogen and oxygen atoms in total. The van der Waals surface area contributed by atoms with Crippen molar-refractivity contribution < 1.29 is 0 Å². The zero-order chi connectivity index (χ0) is 82.9. The Bertz CT molecular complexity index is 8740. The fraction of sp³-hybridized carbons (Fsp3) is 0. The predicted molar refractivity (Wildman–Crippen MR) is 532 cm³/mol. The number of nitrogens with zero attached hydrogens (tertiary/aromatic N) is 6. The maximum absolute atomic E-state index is 2.47. The van der Waals surface area contributed by atoms with E-state index in [1.165, 1.54) is 198 Å². The van der Waals surface area contributed by atoms with Crippen molar-refractivity contribution in [3.8, 4) is 101 Å². The van der Waals surface area contributed by atoms with Crippen molar-refractivity contribution in [2.45, 2.75) is 0 Å². The Hall–Kier alpha value is -16.8. The zero-order valence-corrected chi connectivity index (χ0v) is 68.7. The summed E-state index contributed by atoms with van der Waals surface area (Å²) in [7, 11) is 0. The van der Waals surface area contributed by atoms with Gasteiger partial charge in [-0.25, -0.2) is 0 Å². The molecule has 0 bridgehead atoms. The van der Waals surface area contributed by atoms with Gasteiger partial charge in [-0.15, -0.1) is 0 Å². The molecule has 0 aliphatic heterocycles. The van der Waals surface area contributed by atoms with Crippen LogP contribution >= 0.6 is 0 Å². The molecule has 0 saturated carbocycles. The number of hydrogen-bond acceptors (Lipinski definition) is 0. The molecule has 0 spiro atoms. The summed E-state index contributed by atoms with van der Waals surface area (Å²) in [5, 5.41) is 14.9. The van der Waals surface area contributed by atoms with Crippen LogP contribution in [0.1, 0.15) is 0 Å². The second kappa shape index (κ2) is 29.5. The lowest BCUT2D eigenvalue weighted by atomic mass is 9.94. The van der Waals surface area contributed by atoms with Crippen molar-refractivity contribution in [1.29, 1.82) is 0 Å². The highest BCUT2D eigenvalue weighted by Crippen LogP contribution is 2.51. The average Bonchev–Trinajstić information content (AvgIpc) is 1.54. The molecule has 0 amide bonds. The lowest BCUT2D eigenvalue weighted by Crippen LogP contribution is -1.97. The molecule has 0 radical (unpaired) electrons. The van der Waals surface area contributed by atoms with Gasteiger partial charge in [0.1, 0.15) is 0 Å². The molecule has 0 N–H and O–H groups in total. The second-order valence-corrected chi connectivity index (χ2v) is 33.0. The number of rotatable bonds is 12. The highest BCUT2D eigenvalue weighted by atomic mass is 15.0. The van der Waals surface area contributed by atoms with Crippen molar-refractivity contribution >= 4 is 131 Å². The normalized spacial score (nSPS) is 11.8. The SMILES string of the molecule is c1ccc(-c2ccc(-n3c4ccccc4c4ccc(-c5ccc(-c6c7c8ccccc8n(-c8ccccc8)c7cc7c8ccccc8n(-c8ccccc8)c67)cc5)cc43)cc2)cc1.c1ccc(-c2cccc(-n3c4ccccc4c4cc(-c5ccc(-c6c7c8ccccc8n(-c8ccccc8)c7cc7c8ccccc8n(-c8ccccc8)c67)cc5)ccc43)c2)cc1. The van der Waals surface area contributed by atoms with Crippen molar-refractivity contribution in [3.05, 3.63) is 473 Å². The Morgan fingerprint density at radius 1 is 0.111 bits per heavy atom. The van der Waals surface area contributed by atoms with E-state index >= 15 is 0 Å². The van der Waals surface area contributed by atoms with Gasteiger partial charge in [0.2, 0.25) is 0 Å². The van der Waals surface area contributed by atoms with Crippen LogP contribution in [0.25, 0.3) is 232 Å². The maximum atomic E-state index is 2.47. The molecule has 0 unspecified atom stereocenters. The molecule has 6 heteroatoms. The summed E-state index contributed by atoms with van der Waals surface area (Å²) in [5.74, 6) is 0. The molecule has 588 valence electrons. The first kappa shape index (κ1) is 72.1. The molecule has 0 aliphatic carbocycles. The Morgan fingerprint density at radius 2 is 0.365 bits per heavy atom. The Labute approximate surface area is 727 Å². The van der Waals surface area contributed by atoms with Crippen molar-refractivity contribution in [2.75, 3.05) is 0 Å². The van der Waals surface area contributed by atoms with Gasteiger partial charge in [-0.05, 0) is 195 Å². The standard InChI is InChI=1S/2C60H39N3/c1-4-17-40(18-5-1)43-19-16-24-47(37-43)62-53-28-13-10-25-48(53)51-38-44(35-36-56(51)62)41-31-33-42(34-32-41)58-59-50-27-12-15-30-55(50)61(45-20-6-2-7-21-45)57(59)39-52-49-26-11-14-29-54(49)63(60(52)58)46-22-8-3-9-23-46;1-4-16-40(17-5-1)41-32-35-47(36-33-41)61-53-25-13-10-22-48(53)50-37-34-44(38-56(50)61)42-28-30-43(31-29-42)58-59-51-24-12-15-27-55(51)62(45-18-6-2-7-19-45)57(59)39-52-49-23-11-14-26-54(49)63(60(52)58)46-20-8-3-9-21-46/h2*1-39H. The molecule has 0 saturated heterocycles. The van der Waals surface area contributed by atoms with Gasteiger partial charge < -0.3 is 27.4 Å². The minimum atomic E-state index is 1.14. The molecular weight excluding hydrogens is 1530 g/mol. The van der Waals surface area contributed by atoms with E-state index in [2.05, 4.69) is 501 Å². The van der Waals surface area contributed by atoms with Crippen LogP contribution in [0.15, 0.2) is 473 Å². The van der Waals surface area contributed by atoms with Gasteiger partial charge in [0.25, 0.3) is 0 Å². The number of fused-ring (bicyclic) bond motifs is 18. The van der Waals surface area contributed by atoms with Gasteiger partial charge in [-0.1, -0.05) is 334 Å². The van der Waals surface area contributed by atoms with Crippen molar-refractivity contribution in [2.24, 2.45) is 0 Å². The van der Waals surface area contributed by atoms with Crippen LogP contribution in [0.2, 0.25) is 0 Å². The Balaban J connectivity index is 0.000000137. The summed E-state index contributed by atoms with van der Waals surface area (Å²) < 4.78 is 14.7. The summed E-state index contributed by atoms with van der Waals surface area (Å²) in [5.41, 5.74) is 35.7. The largest absolute Gasteiger partial charge is 0.309 e. The molecule has 0 fully saturated rings. The zero-order valence-electron chi connectivity index (χ0n) is 68.7. The lowest BCUT2D eigenvalue weighted by molar-refractivity contribution is 1.17. The molecule has 126 heavy (non-hydrogen) atoms. The van der Waals surface area contributed by atoms with Crippen LogP contribution in [-0.4, -0.2) is 27.4 Å². The van der Waals surface area contributed by atoms with Crippen LogP contribution < -0.4 is 0 Å². The molecule has 20 aromatic carbocycles. The smallest absolute Gasteiger partial charge is 0.0627 e. The van der Waals surface area contributed by atoms with Crippen molar-refractivity contribution in [1.82, 2.24) is 27.4 Å². The van der Waals surface area contributed by atoms with E-state index < -0.39 is 0 Å². The molecule has 0 aliphatic rings. The highest BCUT2D eigenvalue weighted by Gasteiger charge is 2.28. The van der Waals surface area contributed by atoms with E-state index in [0.29, 0.717) is 0 Å². The molecule has 26 rings (SSSR count). The van der Waals surface area contributed by atoms with E-state index in [0.717, 1.165) is 34.1 Å². The number of benzene rings is 20. The Kier molecular flexibility index (Phi) is 16.9. The summed E-state index contributed by atoms with van der Waals surface area (Å²) >= 11 is 0. The van der Waals surface area contributed by atoms with Gasteiger partial charge in [0.15, 0.2) is 0 Å². The number of para-hydroxylation sites is 10. The molecule has 6 aromatic heterocycles. The van der Waals surface area contributed by atoms with Crippen LogP contribution in [0.4, 0.5) is 0 Å². The predicted octanol–water partition coefficient (Wildman–Crippen LogP) is 32.0. The van der Waals surface area contributed by atoms with E-state index in [4.69, 9.17) is 0 Å². The number of aromatic nitrogens is 6. The fourth-order valence-electron chi connectivity index (χ4n) is 20.5. The highest BCUT2D eigenvalue weighted by molar-refractivity contribution is 6.29. The van der Waals surface area contributed by atoms with E-state index in [-0.39, 0.29) is 0 Å².